The molecule has 5 heteroatoms. The molecule has 1 saturated heterocycles. The standard InChI is InChI=1S/C23H31N3O2/c1-19-7-6-8-20(15-19)16-25-11-13-26(14-12-25)18-23(27)24(2)17-21-9-4-5-10-22(21)28-3/h4-10,15H,11-14,16-18H2,1-3H3. The average Bonchev–Trinajstić information content (AvgIpc) is 2.70. The molecule has 1 amide bonds. The van der Waals surface area contributed by atoms with Crippen molar-refractivity contribution in [3.05, 3.63) is 65.2 Å². The normalized spacial score (nSPS) is 15.4. The van der Waals surface area contributed by atoms with E-state index >= 15 is 0 Å². The highest BCUT2D eigenvalue weighted by Gasteiger charge is 2.21. The second-order valence-corrected chi connectivity index (χ2v) is 7.60. The van der Waals surface area contributed by atoms with Crippen LogP contribution in [0.1, 0.15) is 16.7 Å². The van der Waals surface area contributed by atoms with Crippen molar-refractivity contribution in [3.8, 4) is 5.75 Å². The van der Waals surface area contributed by atoms with Crippen LogP contribution in [0.3, 0.4) is 0 Å². The van der Waals surface area contributed by atoms with E-state index in [4.69, 9.17) is 4.74 Å². The minimum atomic E-state index is 0.151. The van der Waals surface area contributed by atoms with Gasteiger partial charge in [-0.15, -0.1) is 0 Å². The van der Waals surface area contributed by atoms with Gasteiger partial charge in [-0.1, -0.05) is 48.0 Å². The van der Waals surface area contributed by atoms with Gasteiger partial charge in [-0.2, -0.15) is 0 Å². The van der Waals surface area contributed by atoms with Gasteiger partial charge in [0.1, 0.15) is 5.75 Å². The van der Waals surface area contributed by atoms with E-state index in [-0.39, 0.29) is 5.91 Å². The number of para-hydroxylation sites is 1. The molecule has 28 heavy (non-hydrogen) atoms. The van der Waals surface area contributed by atoms with Crippen LogP contribution in [0.4, 0.5) is 0 Å². The number of hydrogen-bond donors (Lipinski definition) is 0. The zero-order valence-electron chi connectivity index (χ0n) is 17.2. The first-order valence-corrected chi connectivity index (χ1v) is 9.91. The molecule has 0 aromatic heterocycles. The van der Waals surface area contributed by atoms with Gasteiger partial charge >= 0.3 is 0 Å². The van der Waals surface area contributed by atoms with Crippen LogP contribution < -0.4 is 4.74 Å². The Bertz CT molecular complexity index is 785. The number of benzene rings is 2. The fourth-order valence-corrected chi connectivity index (χ4v) is 3.66. The highest BCUT2D eigenvalue weighted by Crippen LogP contribution is 2.19. The first-order valence-electron chi connectivity index (χ1n) is 9.91. The summed E-state index contributed by atoms with van der Waals surface area (Å²) in [5.74, 6) is 0.977. The number of rotatable bonds is 7. The molecule has 0 saturated carbocycles. The third-order valence-corrected chi connectivity index (χ3v) is 5.34. The Hall–Kier alpha value is -2.37. The zero-order chi connectivity index (χ0) is 19.9. The molecule has 0 N–H and O–H groups in total. The van der Waals surface area contributed by atoms with Crippen LogP contribution >= 0.6 is 0 Å². The number of piperazine rings is 1. The van der Waals surface area contributed by atoms with Crippen molar-refractivity contribution in [3.63, 3.8) is 0 Å². The first kappa shape index (κ1) is 20.4. The minimum Gasteiger partial charge on any atom is -0.496 e. The maximum absolute atomic E-state index is 12.7. The molecule has 1 heterocycles. The molecule has 0 radical (unpaired) electrons. The summed E-state index contributed by atoms with van der Waals surface area (Å²) in [6, 6.07) is 16.6. The van der Waals surface area contributed by atoms with Crippen LogP contribution in [-0.2, 0) is 17.9 Å². The molecule has 2 aromatic carbocycles. The smallest absolute Gasteiger partial charge is 0.236 e. The van der Waals surface area contributed by atoms with Crippen molar-refractivity contribution in [2.45, 2.75) is 20.0 Å². The number of amides is 1. The molecule has 0 bridgehead atoms. The highest BCUT2D eigenvalue weighted by atomic mass is 16.5. The Labute approximate surface area is 168 Å². The lowest BCUT2D eigenvalue weighted by atomic mass is 10.1. The molecule has 0 spiro atoms. The minimum absolute atomic E-state index is 0.151. The first-order chi connectivity index (χ1) is 13.5. The van der Waals surface area contributed by atoms with Crippen molar-refractivity contribution < 1.29 is 9.53 Å². The van der Waals surface area contributed by atoms with Crippen LogP contribution in [-0.4, -0.2) is 67.5 Å². The predicted octanol–water partition coefficient (Wildman–Crippen LogP) is 2.78. The van der Waals surface area contributed by atoms with E-state index in [1.54, 1.807) is 12.0 Å². The highest BCUT2D eigenvalue weighted by molar-refractivity contribution is 5.78. The Morgan fingerprint density at radius 1 is 1.04 bits per heavy atom. The zero-order valence-corrected chi connectivity index (χ0v) is 17.2. The van der Waals surface area contributed by atoms with E-state index < -0.39 is 0 Å². The van der Waals surface area contributed by atoms with Gasteiger partial charge in [0.05, 0.1) is 13.7 Å². The summed E-state index contributed by atoms with van der Waals surface area (Å²) >= 11 is 0. The number of hydrogen-bond acceptors (Lipinski definition) is 4. The number of carbonyl (C=O) groups is 1. The fourth-order valence-electron chi connectivity index (χ4n) is 3.66. The monoisotopic (exact) mass is 381 g/mol. The Morgan fingerprint density at radius 3 is 2.46 bits per heavy atom. The molecule has 0 unspecified atom stereocenters. The molecule has 0 atom stereocenters. The SMILES string of the molecule is COc1ccccc1CN(C)C(=O)CN1CCN(Cc2cccc(C)c2)CC1. The van der Waals surface area contributed by atoms with Crippen LogP contribution in [0.2, 0.25) is 0 Å². The fraction of sp³-hybridized carbons (Fsp3) is 0.435. The maximum Gasteiger partial charge on any atom is 0.236 e. The number of aryl methyl sites for hydroxylation is 1. The Morgan fingerprint density at radius 2 is 1.75 bits per heavy atom. The van der Waals surface area contributed by atoms with Crippen molar-refractivity contribution in [1.29, 1.82) is 0 Å². The van der Waals surface area contributed by atoms with Crippen LogP contribution in [0, 0.1) is 6.92 Å². The van der Waals surface area contributed by atoms with Gasteiger partial charge in [0.15, 0.2) is 0 Å². The molecule has 2 aromatic rings. The van der Waals surface area contributed by atoms with Gasteiger partial charge in [0.2, 0.25) is 5.91 Å². The summed E-state index contributed by atoms with van der Waals surface area (Å²) in [7, 11) is 3.53. The van der Waals surface area contributed by atoms with Gasteiger partial charge in [0.25, 0.3) is 0 Å². The van der Waals surface area contributed by atoms with Gasteiger partial charge < -0.3 is 9.64 Å². The van der Waals surface area contributed by atoms with E-state index in [9.17, 15) is 4.79 Å². The molecule has 0 aliphatic carbocycles. The molecule has 1 fully saturated rings. The summed E-state index contributed by atoms with van der Waals surface area (Å²) in [4.78, 5) is 19.2. The third kappa shape index (κ3) is 5.57. The second kappa shape index (κ2) is 9.71. The van der Waals surface area contributed by atoms with Crippen LogP contribution in [0.5, 0.6) is 5.75 Å². The summed E-state index contributed by atoms with van der Waals surface area (Å²) in [6.45, 7) is 8.01. The van der Waals surface area contributed by atoms with Gasteiger partial charge in [-0.3, -0.25) is 14.6 Å². The molecule has 5 nitrogen and oxygen atoms in total. The van der Waals surface area contributed by atoms with Crippen LogP contribution in [0.15, 0.2) is 48.5 Å². The van der Waals surface area contributed by atoms with E-state index in [1.165, 1.54) is 11.1 Å². The number of methoxy groups -OCH3 is 1. The number of ether oxygens (including phenoxy) is 1. The molecule has 1 aliphatic heterocycles. The lowest BCUT2D eigenvalue weighted by Crippen LogP contribution is -2.49. The number of nitrogens with zero attached hydrogens (tertiary/aromatic N) is 3. The number of carbonyl (C=O) groups excluding carboxylic acids is 1. The summed E-state index contributed by atoms with van der Waals surface area (Å²) in [5.41, 5.74) is 3.70. The van der Waals surface area contributed by atoms with Gasteiger partial charge in [-0.05, 0) is 18.6 Å². The summed E-state index contributed by atoms with van der Waals surface area (Å²) in [6.07, 6.45) is 0. The molecule has 3 rings (SSSR count). The van der Waals surface area contributed by atoms with Crippen LogP contribution in [0.25, 0.3) is 0 Å². The van der Waals surface area contributed by atoms with Crippen molar-refractivity contribution in [1.82, 2.24) is 14.7 Å². The largest absolute Gasteiger partial charge is 0.496 e. The quantitative estimate of drug-likeness (QED) is 0.739. The maximum atomic E-state index is 12.7. The van der Waals surface area contributed by atoms with E-state index in [1.807, 2.05) is 31.3 Å². The summed E-state index contributed by atoms with van der Waals surface area (Å²) < 4.78 is 5.39. The molecule has 1 aliphatic rings. The average molecular weight is 382 g/mol. The van der Waals surface area contributed by atoms with Crippen molar-refractivity contribution in [2.24, 2.45) is 0 Å². The van der Waals surface area contributed by atoms with Gasteiger partial charge in [-0.25, -0.2) is 0 Å². The Kier molecular flexibility index (Phi) is 7.06. The van der Waals surface area contributed by atoms with Crippen molar-refractivity contribution in [2.75, 3.05) is 46.9 Å². The van der Waals surface area contributed by atoms with Crippen molar-refractivity contribution >= 4 is 5.91 Å². The predicted molar refractivity (Wildman–Crippen MR) is 112 cm³/mol. The second-order valence-electron chi connectivity index (χ2n) is 7.60. The Balaban J connectivity index is 1.45. The molecular weight excluding hydrogens is 350 g/mol. The number of likely N-dealkylation sites (N-methyl/N-ethyl adjacent to an activating group) is 1. The molecule has 150 valence electrons. The van der Waals surface area contributed by atoms with E-state index in [0.29, 0.717) is 13.1 Å². The van der Waals surface area contributed by atoms with E-state index in [0.717, 1.165) is 44.0 Å². The lowest BCUT2D eigenvalue weighted by molar-refractivity contribution is -0.132. The van der Waals surface area contributed by atoms with Gasteiger partial charge in [0, 0.05) is 51.9 Å². The van der Waals surface area contributed by atoms with E-state index in [2.05, 4.69) is 41.0 Å². The topological polar surface area (TPSA) is 36.0 Å². The third-order valence-electron chi connectivity index (χ3n) is 5.34. The lowest BCUT2D eigenvalue weighted by Gasteiger charge is -2.35. The summed E-state index contributed by atoms with van der Waals surface area (Å²) in [5, 5.41) is 0. The molecular formula is C23H31N3O2.